The van der Waals surface area contributed by atoms with Gasteiger partial charge in [-0.2, -0.15) is 0 Å². The number of rotatable bonds is 4. The first-order chi connectivity index (χ1) is 8.62. The van der Waals surface area contributed by atoms with Gasteiger partial charge in [0.1, 0.15) is 5.82 Å². The van der Waals surface area contributed by atoms with Crippen LogP contribution >= 0.6 is 0 Å². The molecule has 0 spiro atoms. The van der Waals surface area contributed by atoms with E-state index in [2.05, 4.69) is 35.5 Å². The third-order valence-corrected chi connectivity index (χ3v) is 4.51. The fraction of sp³-hybridized carbons (Fsp3) is 0.857. The normalized spacial score (nSPS) is 18.2. The predicted molar refractivity (Wildman–Crippen MR) is 73.3 cm³/mol. The number of hydrogen-bond acceptors (Lipinski definition) is 3. The smallest absolute Gasteiger partial charge is 0.153 e. The van der Waals surface area contributed by atoms with Crippen molar-refractivity contribution in [3.8, 4) is 0 Å². The first-order valence-corrected chi connectivity index (χ1v) is 7.33. The van der Waals surface area contributed by atoms with Gasteiger partial charge in [-0.05, 0) is 32.6 Å². The molecule has 1 aromatic heterocycles. The van der Waals surface area contributed by atoms with E-state index < -0.39 is 0 Å². The van der Waals surface area contributed by atoms with Gasteiger partial charge in [0, 0.05) is 6.04 Å². The van der Waals surface area contributed by atoms with Gasteiger partial charge in [0.2, 0.25) is 0 Å². The summed E-state index contributed by atoms with van der Waals surface area (Å²) in [6.45, 7) is 6.33. The van der Waals surface area contributed by atoms with Gasteiger partial charge in [-0.3, -0.25) is 0 Å². The van der Waals surface area contributed by atoms with Crippen molar-refractivity contribution >= 4 is 0 Å². The van der Waals surface area contributed by atoms with E-state index in [1.807, 2.05) is 0 Å². The van der Waals surface area contributed by atoms with Crippen LogP contribution in [0.1, 0.15) is 76.5 Å². The molecule has 102 valence electrons. The lowest BCUT2D eigenvalue weighted by Crippen LogP contribution is -2.39. The van der Waals surface area contributed by atoms with Gasteiger partial charge in [-0.15, -0.1) is 10.2 Å². The Morgan fingerprint density at radius 3 is 2.33 bits per heavy atom. The third kappa shape index (κ3) is 2.30. The zero-order valence-corrected chi connectivity index (χ0v) is 11.9. The van der Waals surface area contributed by atoms with Crippen LogP contribution in [0, 0.1) is 6.92 Å². The van der Waals surface area contributed by atoms with E-state index >= 15 is 0 Å². The topological polar surface area (TPSA) is 56.7 Å². The largest absolute Gasteiger partial charge is 0.319 e. The lowest BCUT2D eigenvalue weighted by Gasteiger charge is -2.31. The number of nitrogens with zero attached hydrogens (tertiary/aromatic N) is 3. The van der Waals surface area contributed by atoms with E-state index in [1.165, 1.54) is 32.1 Å². The Morgan fingerprint density at radius 2 is 1.78 bits per heavy atom. The van der Waals surface area contributed by atoms with Crippen molar-refractivity contribution in [3.05, 3.63) is 11.6 Å². The van der Waals surface area contributed by atoms with Crippen LogP contribution in [0.5, 0.6) is 0 Å². The van der Waals surface area contributed by atoms with Crippen LogP contribution in [0.15, 0.2) is 0 Å². The van der Waals surface area contributed by atoms with Crippen molar-refractivity contribution in [2.24, 2.45) is 5.73 Å². The molecule has 1 fully saturated rings. The van der Waals surface area contributed by atoms with E-state index in [0.29, 0.717) is 6.04 Å². The number of aryl methyl sites for hydroxylation is 1. The summed E-state index contributed by atoms with van der Waals surface area (Å²) in [6.07, 6.45) is 8.31. The number of aromatic nitrogens is 3. The summed E-state index contributed by atoms with van der Waals surface area (Å²) in [4.78, 5) is 0. The summed E-state index contributed by atoms with van der Waals surface area (Å²) in [7, 11) is 0. The highest BCUT2D eigenvalue weighted by Gasteiger charge is 2.32. The first kappa shape index (κ1) is 13.5. The van der Waals surface area contributed by atoms with Crippen molar-refractivity contribution < 1.29 is 0 Å². The molecule has 1 heterocycles. The summed E-state index contributed by atoms with van der Waals surface area (Å²) < 4.78 is 2.33. The zero-order chi connectivity index (χ0) is 13.2. The maximum Gasteiger partial charge on any atom is 0.153 e. The fourth-order valence-corrected chi connectivity index (χ4v) is 3.05. The molecule has 0 unspecified atom stereocenters. The molecule has 1 aliphatic carbocycles. The van der Waals surface area contributed by atoms with Gasteiger partial charge in [-0.1, -0.05) is 33.1 Å². The SMILES string of the molecule is CCC(N)(CC)c1nnc(C)n1C1CCCCC1. The molecule has 0 bridgehead atoms. The Hall–Kier alpha value is -0.900. The lowest BCUT2D eigenvalue weighted by atomic mass is 9.90. The Bertz CT molecular complexity index is 386. The highest BCUT2D eigenvalue weighted by molar-refractivity contribution is 5.09. The van der Waals surface area contributed by atoms with Gasteiger partial charge in [-0.25, -0.2) is 0 Å². The maximum absolute atomic E-state index is 6.52. The molecule has 0 amide bonds. The molecular formula is C14H26N4. The van der Waals surface area contributed by atoms with Crippen LogP contribution < -0.4 is 5.73 Å². The molecule has 2 N–H and O–H groups in total. The molecule has 1 aromatic rings. The van der Waals surface area contributed by atoms with Crippen molar-refractivity contribution in [1.29, 1.82) is 0 Å². The number of nitrogens with two attached hydrogens (primary N) is 1. The highest BCUT2D eigenvalue weighted by Crippen LogP contribution is 2.33. The second kappa shape index (κ2) is 5.39. The highest BCUT2D eigenvalue weighted by atomic mass is 15.3. The zero-order valence-electron chi connectivity index (χ0n) is 11.9. The average molecular weight is 250 g/mol. The predicted octanol–water partition coefficient (Wildman–Crippen LogP) is 3.07. The van der Waals surface area contributed by atoms with E-state index in [-0.39, 0.29) is 5.54 Å². The van der Waals surface area contributed by atoms with Crippen LogP contribution in [-0.2, 0) is 5.54 Å². The molecule has 18 heavy (non-hydrogen) atoms. The van der Waals surface area contributed by atoms with E-state index in [1.54, 1.807) is 0 Å². The minimum atomic E-state index is -0.321. The average Bonchev–Trinajstić information content (AvgIpc) is 2.81. The Morgan fingerprint density at radius 1 is 1.17 bits per heavy atom. The van der Waals surface area contributed by atoms with E-state index in [9.17, 15) is 0 Å². The maximum atomic E-state index is 6.52. The molecule has 0 atom stereocenters. The molecule has 0 aliphatic heterocycles. The van der Waals surface area contributed by atoms with Crippen molar-refractivity contribution in [1.82, 2.24) is 14.8 Å². The monoisotopic (exact) mass is 250 g/mol. The summed E-state index contributed by atoms with van der Waals surface area (Å²) in [6, 6.07) is 0.560. The summed E-state index contributed by atoms with van der Waals surface area (Å²) >= 11 is 0. The van der Waals surface area contributed by atoms with E-state index in [0.717, 1.165) is 24.5 Å². The molecule has 1 aliphatic rings. The molecule has 0 radical (unpaired) electrons. The van der Waals surface area contributed by atoms with Crippen LogP contribution in [0.25, 0.3) is 0 Å². The van der Waals surface area contributed by atoms with Crippen LogP contribution in [-0.4, -0.2) is 14.8 Å². The minimum absolute atomic E-state index is 0.321. The molecule has 0 aromatic carbocycles. The van der Waals surface area contributed by atoms with Gasteiger partial charge in [0.05, 0.1) is 5.54 Å². The number of hydrogen-bond donors (Lipinski definition) is 1. The van der Waals surface area contributed by atoms with Crippen LogP contribution in [0.4, 0.5) is 0 Å². The lowest BCUT2D eigenvalue weighted by molar-refractivity contribution is 0.301. The van der Waals surface area contributed by atoms with Crippen molar-refractivity contribution in [2.45, 2.75) is 77.3 Å². The Kier molecular flexibility index (Phi) is 4.05. The molecule has 4 heteroatoms. The van der Waals surface area contributed by atoms with E-state index in [4.69, 9.17) is 5.73 Å². The van der Waals surface area contributed by atoms with Crippen LogP contribution in [0.3, 0.4) is 0 Å². The fourth-order valence-electron chi connectivity index (χ4n) is 3.05. The van der Waals surface area contributed by atoms with Crippen molar-refractivity contribution in [3.63, 3.8) is 0 Å². The quantitative estimate of drug-likeness (QED) is 0.893. The third-order valence-electron chi connectivity index (χ3n) is 4.51. The molecule has 0 saturated heterocycles. The standard InChI is InChI=1S/C14H26N4/c1-4-14(15,5-2)13-17-16-11(3)18(13)12-9-7-6-8-10-12/h12H,4-10,15H2,1-3H3. The van der Waals surface area contributed by atoms with Gasteiger partial charge >= 0.3 is 0 Å². The second-order valence-electron chi connectivity index (χ2n) is 5.60. The summed E-state index contributed by atoms with van der Waals surface area (Å²) in [5.74, 6) is 2.02. The molecule has 2 rings (SSSR count). The molecule has 4 nitrogen and oxygen atoms in total. The van der Waals surface area contributed by atoms with Gasteiger partial charge < -0.3 is 10.3 Å². The Balaban J connectivity index is 2.37. The summed E-state index contributed by atoms with van der Waals surface area (Å²) in [5.41, 5.74) is 6.19. The summed E-state index contributed by atoms with van der Waals surface area (Å²) in [5, 5.41) is 8.68. The first-order valence-electron chi connectivity index (χ1n) is 7.33. The molecular weight excluding hydrogens is 224 g/mol. The van der Waals surface area contributed by atoms with Gasteiger partial charge in [0.25, 0.3) is 0 Å². The second-order valence-corrected chi connectivity index (χ2v) is 5.60. The van der Waals surface area contributed by atoms with Gasteiger partial charge in [0.15, 0.2) is 5.82 Å². The van der Waals surface area contributed by atoms with Crippen LogP contribution in [0.2, 0.25) is 0 Å². The minimum Gasteiger partial charge on any atom is -0.319 e. The molecule has 1 saturated carbocycles. The Labute approximate surface area is 110 Å². The van der Waals surface area contributed by atoms with Crippen molar-refractivity contribution in [2.75, 3.05) is 0 Å².